The molecule has 3 aromatic heterocycles. The molecule has 0 amide bonds. The van der Waals surface area contributed by atoms with Crippen LogP contribution in [0, 0.1) is 0 Å². The number of hydrogen-bond acceptors (Lipinski definition) is 4. The van der Waals surface area contributed by atoms with Crippen LogP contribution in [0.3, 0.4) is 0 Å². The van der Waals surface area contributed by atoms with E-state index in [-0.39, 0.29) is 0 Å². The van der Waals surface area contributed by atoms with Crippen molar-refractivity contribution in [2.75, 3.05) is 0 Å². The molecule has 0 atom stereocenters. The molecule has 0 aliphatic rings. The largest absolute Gasteiger partial charge is 0.264 e. The number of aromatic nitrogens is 5. The molecule has 3 heterocycles. The summed E-state index contributed by atoms with van der Waals surface area (Å²) in [7, 11) is 0. The van der Waals surface area contributed by atoms with Gasteiger partial charge in [-0.2, -0.15) is 0 Å². The summed E-state index contributed by atoms with van der Waals surface area (Å²) in [5.41, 5.74) is 1.78. The highest BCUT2D eigenvalue weighted by Gasteiger charge is 2.04. The molecule has 0 aliphatic heterocycles. The summed E-state index contributed by atoms with van der Waals surface area (Å²) in [6, 6.07) is 7.57. The molecule has 5 heteroatoms. The average molecular weight is 223 g/mol. The normalized spacial score (nSPS) is 10.4. The first-order valence-corrected chi connectivity index (χ1v) is 5.16. The van der Waals surface area contributed by atoms with Crippen LogP contribution in [0.25, 0.3) is 17.1 Å². The van der Waals surface area contributed by atoms with Gasteiger partial charge in [0.25, 0.3) is 0 Å². The van der Waals surface area contributed by atoms with E-state index in [9.17, 15) is 0 Å². The first-order chi connectivity index (χ1) is 8.43. The Morgan fingerprint density at radius 3 is 2.47 bits per heavy atom. The fraction of sp³-hybridized carbons (Fsp3) is 0. The highest BCUT2D eigenvalue weighted by molar-refractivity contribution is 5.52. The standard InChI is InChI=1S/C12H9N5/c1-3-10(7-13-5-1)12-15-9-17(16-12)11-4-2-6-14-8-11/h1-9H. The SMILES string of the molecule is c1cncc(-c2ncn(-c3cccnc3)n2)c1. The average Bonchev–Trinajstić information content (AvgIpc) is 2.90. The quantitative estimate of drug-likeness (QED) is 0.663. The molecule has 5 nitrogen and oxygen atoms in total. The van der Waals surface area contributed by atoms with Crippen molar-refractivity contribution in [3.8, 4) is 17.1 Å². The van der Waals surface area contributed by atoms with E-state index in [1.54, 1.807) is 35.8 Å². The fourth-order valence-electron chi connectivity index (χ4n) is 1.50. The van der Waals surface area contributed by atoms with Crippen LogP contribution in [0.4, 0.5) is 0 Å². The van der Waals surface area contributed by atoms with Gasteiger partial charge in [-0.3, -0.25) is 9.97 Å². The van der Waals surface area contributed by atoms with Crippen LogP contribution in [0.5, 0.6) is 0 Å². The maximum absolute atomic E-state index is 4.38. The molecule has 0 N–H and O–H groups in total. The van der Waals surface area contributed by atoms with Gasteiger partial charge in [-0.15, -0.1) is 5.10 Å². The van der Waals surface area contributed by atoms with Crippen LogP contribution in [0.2, 0.25) is 0 Å². The Bertz CT molecular complexity index is 549. The second kappa shape index (κ2) is 4.13. The monoisotopic (exact) mass is 223 g/mol. The lowest BCUT2D eigenvalue weighted by molar-refractivity contribution is 0.875. The molecular weight excluding hydrogens is 214 g/mol. The van der Waals surface area contributed by atoms with Crippen molar-refractivity contribution in [1.29, 1.82) is 0 Å². The summed E-state index contributed by atoms with van der Waals surface area (Å²) >= 11 is 0. The molecule has 3 aromatic rings. The molecular formula is C12H9N5. The third-order valence-electron chi connectivity index (χ3n) is 2.32. The Hall–Kier alpha value is -2.56. The van der Waals surface area contributed by atoms with Crippen molar-refractivity contribution in [3.63, 3.8) is 0 Å². The zero-order valence-corrected chi connectivity index (χ0v) is 8.93. The zero-order valence-electron chi connectivity index (χ0n) is 8.93. The molecule has 0 radical (unpaired) electrons. The summed E-state index contributed by atoms with van der Waals surface area (Å²) < 4.78 is 1.69. The van der Waals surface area contributed by atoms with Crippen LogP contribution in [-0.2, 0) is 0 Å². The zero-order chi connectivity index (χ0) is 11.5. The number of hydrogen-bond donors (Lipinski definition) is 0. The molecule has 0 bridgehead atoms. The van der Waals surface area contributed by atoms with E-state index in [0.717, 1.165) is 11.3 Å². The van der Waals surface area contributed by atoms with Gasteiger partial charge in [0.15, 0.2) is 5.82 Å². The predicted octanol–water partition coefficient (Wildman–Crippen LogP) is 1.72. The summed E-state index contributed by atoms with van der Waals surface area (Å²) in [6.45, 7) is 0. The van der Waals surface area contributed by atoms with Crippen molar-refractivity contribution < 1.29 is 0 Å². The molecule has 17 heavy (non-hydrogen) atoms. The molecule has 0 fully saturated rings. The van der Waals surface area contributed by atoms with Crippen molar-refractivity contribution >= 4 is 0 Å². The lowest BCUT2D eigenvalue weighted by Gasteiger charge is -1.97. The molecule has 82 valence electrons. The first-order valence-electron chi connectivity index (χ1n) is 5.16. The van der Waals surface area contributed by atoms with Gasteiger partial charge in [0, 0.05) is 24.2 Å². The van der Waals surface area contributed by atoms with Crippen LogP contribution in [0.1, 0.15) is 0 Å². The maximum Gasteiger partial charge on any atom is 0.183 e. The van der Waals surface area contributed by atoms with Crippen LogP contribution in [-0.4, -0.2) is 24.7 Å². The van der Waals surface area contributed by atoms with Crippen LogP contribution >= 0.6 is 0 Å². The second-order valence-electron chi connectivity index (χ2n) is 3.47. The van der Waals surface area contributed by atoms with Gasteiger partial charge in [0.1, 0.15) is 6.33 Å². The highest BCUT2D eigenvalue weighted by atomic mass is 15.3. The lowest BCUT2D eigenvalue weighted by Crippen LogP contribution is -1.95. The fourth-order valence-corrected chi connectivity index (χ4v) is 1.50. The Balaban J connectivity index is 1.99. The van der Waals surface area contributed by atoms with Gasteiger partial charge >= 0.3 is 0 Å². The van der Waals surface area contributed by atoms with E-state index in [4.69, 9.17) is 0 Å². The van der Waals surface area contributed by atoms with Crippen LogP contribution < -0.4 is 0 Å². The molecule has 3 rings (SSSR count). The summed E-state index contributed by atoms with van der Waals surface area (Å²) in [6.07, 6.45) is 8.59. The smallest absolute Gasteiger partial charge is 0.183 e. The van der Waals surface area contributed by atoms with Crippen molar-refractivity contribution in [2.24, 2.45) is 0 Å². The third-order valence-corrected chi connectivity index (χ3v) is 2.32. The summed E-state index contributed by atoms with van der Waals surface area (Å²) in [4.78, 5) is 12.3. The number of nitrogens with zero attached hydrogens (tertiary/aromatic N) is 5. The van der Waals surface area contributed by atoms with Gasteiger partial charge in [-0.25, -0.2) is 9.67 Å². The molecule has 0 aliphatic carbocycles. The van der Waals surface area contributed by atoms with Crippen LogP contribution in [0.15, 0.2) is 55.4 Å². The minimum Gasteiger partial charge on any atom is -0.264 e. The third kappa shape index (κ3) is 1.90. The molecule has 0 spiro atoms. The topological polar surface area (TPSA) is 56.5 Å². The van der Waals surface area contributed by atoms with Gasteiger partial charge in [-0.05, 0) is 24.3 Å². The number of rotatable bonds is 2. The molecule has 0 saturated heterocycles. The van der Waals surface area contributed by atoms with Gasteiger partial charge in [0.05, 0.1) is 11.9 Å². The Morgan fingerprint density at radius 1 is 0.941 bits per heavy atom. The van der Waals surface area contributed by atoms with Crippen molar-refractivity contribution in [2.45, 2.75) is 0 Å². The van der Waals surface area contributed by atoms with Gasteiger partial charge in [-0.1, -0.05) is 0 Å². The van der Waals surface area contributed by atoms with E-state index in [1.807, 2.05) is 24.3 Å². The Labute approximate surface area is 97.8 Å². The van der Waals surface area contributed by atoms with E-state index < -0.39 is 0 Å². The summed E-state index contributed by atoms with van der Waals surface area (Å²) in [5.74, 6) is 0.655. The molecule has 0 saturated carbocycles. The minimum atomic E-state index is 0.655. The first kappa shape index (κ1) is 9.65. The van der Waals surface area contributed by atoms with Crippen molar-refractivity contribution in [3.05, 3.63) is 55.4 Å². The lowest BCUT2D eigenvalue weighted by atomic mass is 10.3. The molecule has 0 aromatic carbocycles. The van der Waals surface area contributed by atoms with Crippen molar-refractivity contribution in [1.82, 2.24) is 24.7 Å². The maximum atomic E-state index is 4.38. The number of pyridine rings is 2. The summed E-state index contributed by atoms with van der Waals surface area (Å²) in [5, 5.41) is 4.38. The van der Waals surface area contributed by atoms with Gasteiger partial charge < -0.3 is 0 Å². The van der Waals surface area contributed by atoms with E-state index >= 15 is 0 Å². The predicted molar refractivity (Wildman–Crippen MR) is 62.4 cm³/mol. The Morgan fingerprint density at radius 2 is 1.76 bits per heavy atom. The highest BCUT2D eigenvalue weighted by Crippen LogP contribution is 2.13. The van der Waals surface area contributed by atoms with E-state index in [0.29, 0.717) is 5.82 Å². The van der Waals surface area contributed by atoms with Gasteiger partial charge in [0.2, 0.25) is 0 Å². The van der Waals surface area contributed by atoms with E-state index in [2.05, 4.69) is 20.1 Å². The molecule has 0 unspecified atom stereocenters. The minimum absolute atomic E-state index is 0.655. The van der Waals surface area contributed by atoms with E-state index in [1.165, 1.54) is 0 Å². The second-order valence-corrected chi connectivity index (χ2v) is 3.47. The Kier molecular flexibility index (Phi) is 2.34.